The lowest BCUT2D eigenvalue weighted by Crippen LogP contribution is -2.18. The largest absolute Gasteiger partial charge is 0.496 e. The zero-order valence-corrected chi connectivity index (χ0v) is 18.6. The van der Waals surface area contributed by atoms with E-state index < -0.39 is 0 Å². The number of thiophene rings is 1. The Morgan fingerprint density at radius 2 is 1.61 bits per heavy atom. The van der Waals surface area contributed by atoms with Crippen LogP contribution in [0.1, 0.15) is 24.1 Å². The summed E-state index contributed by atoms with van der Waals surface area (Å²) in [6.45, 7) is 3.03. The molecule has 2 nitrogen and oxygen atoms in total. The Bertz CT molecular complexity index is 1350. The topological polar surface area (TPSA) is 21.3 Å². The Labute approximate surface area is 187 Å². The normalized spacial score (nSPS) is 12.3. The van der Waals surface area contributed by atoms with Gasteiger partial charge in [-0.25, -0.2) is 0 Å². The van der Waals surface area contributed by atoms with Gasteiger partial charge in [-0.15, -0.1) is 11.3 Å². The Morgan fingerprint density at radius 3 is 2.48 bits per heavy atom. The van der Waals surface area contributed by atoms with E-state index in [0.29, 0.717) is 0 Å². The highest BCUT2D eigenvalue weighted by atomic mass is 32.1. The maximum Gasteiger partial charge on any atom is 0.126 e. The summed E-state index contributed by atoms with van der Waals surface area (Å²) >= 11 is 1.78. The van der Waals surface area contributed by atoms with Crippen molar-refractivity contribution in [2.75, 3.05) is 7.11 Å². The number of benzene rings is 4. The van der Waals surface area contributed by atoms with Gasteiger partial charge in [0, 0.05) is 33.8 Å². The molecule has 1 N–H and O–H groups in total. The van der Waals surface area contributed by atoms with Crippen LogP contribution in [0.25, 0.3) is 32.0 Å². The first-order valence-corrected chi connectivity index (χ1v) is 11.5. The van der Waals surface area contributed by atoms with Crippen molar-refractivity contribution in [3.05, 3.63) is 101 Å². The van der Waals surface area contributed by atoms with Crippen molar-refractivity contribution in [1.82, 2.24) is 5.32 Å². The summed E-state index contributed by atoms with van der Waals surface area (Å²) in [5, 5.41) is 9.82. The number of methoxy groups -OCH3 is 1. The predicted octanol–water partition coefficient (Wildman–Crippen LogP) is 7.58. The third-order valence-electron chi connectivity index (χ3n) is 5.94. The first kappa shape index (κ1) is 19.8. The number of rotatable bonds is 6. The van der Waals surface area contributed by atoms with Gasteiger partial charge in [-0.2, -0.15) is 0 Å². The van der Waals surface area contributed by atoms with Crippen LogP contribution in [0.15, 0.2) is 90.3 Å². The fourth-order valence-corrected chi connectivity index (χ4v) is 5.23. The summed E-state index contributed by atoms with van der Waals surface area (Å²) in [7, 11) is 1.74. The van der Waals surface area contributed by atoms with Gasteiger partial charge in [0.1, 0.15) is 5.75 Å². The van der Waals surface area contributed by atoms with Gasteiger partial charge in [-0.05, 0) is 52.4 Å². The second-order valence-corrected chi connectivity index (χ2v) is 8.76. The molecule has 0 aliphatic carbocycles. The highest BCUT2D eigenvalue weighted by molar-refractivity contribution is 7.17. The summed E-state index contributed by atoms with van der Waals surface area (Å²) in [6, 6.07) is 30.4. The van der Waals surface area contributed by atoms with E-state index in [2.05, 4.69) is 103 Å². The summed E-state index contributed by atoms with van der Waals surface area (Å²) in [4.78, 5) is 0. The highest BCUT2D eigenvalue weighted by Crippen LogP contribution is 2.39. The fraction of sp³-hybridized carbons (Fsp3) is 0.143. The molecule has 1 unspecified atom stereocenters. The van der Waals surface area contributed by atoms with E-state index in [-0.39, 0.29) is 6.04 Å². The Hall–Kier alpha value is -3.14. The summed E-state index contributed by atoms with van der Waals surface area (Å²) in [5.74, 6) is 0.911. The van der Waals surface area contributed by atoms with Crippen LogP contribution in [0.5, 0.6) is 5.75 Å². The van der Waals surface area contributed by atoms with Crippen molar-refractivity contribution in [3.8, 4) is 16.9 Å². The first-order valence-electron chi connectivity index (χ1n) is 10.6. The molecule has 5 rings (SSSR count). The second-order valence-electron chi connectivity index (χ2n) is 7.85. The predicted molar refractivity (Wildman–Crippen MR) is 133 cm³/mol. The Balaban J connectivity index is 1.43. The fourth-order valence-electron chi connectivity index (χ4n) is 4.27. The lowest BCUT2D eigenvalue weighted by molar-refractivity contribution is 0.416. The van der Waals surface area contributed by atoms with Crippen LogP contribution in [0, 0.1) is 0 Å². The summed E-state index contributed by atoms with van der Waals surface area (Å²) < 4.78 is 7.00. The Kier molecular flexibility index (Phi) is 5.46. The van der Waals surface area contributed by atoms with Crippen LogP contribution < -0.4 is 10.1 Å². The molecule has 0 saturated carbocycles. The standard InChI is InChI=1S/C28H25NOS/c1-19(22-12-7-9-21-8-3-4-10-23(21)22)29-17-20-14-15-27(30-2)25(16-20)26-18-31-28-13-6-5-11-24(26)28/h3-16,18-19,29H,17H2,1-2H3. The van der Waals surface area contributed by atoms with Gasteiger partial charge in [0.25, 0.3) is 0 Å². The quantitative estimate of drug-likeness (QED) is 0.304. The van der Waals surface area contributed by atoms with Crippen LogP contribution >= 0.6 is 11.3 Å². The van der Waals surface area contributed by atoms with Crippen LogP contribution in [0.3, 0.4) is 0 Å². The number of nitrogens with one attached hydrogen (secondary N) is 1. The number of hydrogen-bond donors (Lipinski definition) is 1. The maximum absolute atomic E-state index is 5.70. The minimum atomic E-state index is 0.249. The van der Waals surface area contributed by atoms with Crippen molar-refractivity contribution < 1.29 is 4.74 Å². The van der Waals surface area contributed by atoms with Gasteiger partial charge >= 0.3 is 0 Å². The monoisotopic (exact) mass is 423 g/mol. The SMILES string of the molecule is COc1ccc(CNC(C)c2cccc3ccccc23)cc1-c1csc2ccccc12. The average Bonchev–Trinajstić information content (AvgIpc) is 3.26. The molecule has 3 heteroatoms. The molecule has 0 fully saturated rings. The summed E-state index contributed by atoms with van der Waals surface area (Å²) in [5.41, 5.74) is 4.97. The van der Waals surface area contributed by atoms with Crippen molar-refractivity contribution in [1.29, 1.82) is 0 Å². The lowest BCUT2D eigenvalue weighted by atomic mass is 9.99. The third-order valence-corrected chi connectivity index (χ3v) is 6.90. The molecule has 1 atom stereocenters. The number of hydrogen-bond acceptors (Lipinski definition) is 3. The van der Waals surface area contributed by atoms with E-state index in [0.717, 1.165) is 17.9 Å². The molecule has 1 heterocycles. The second kappa shape index (κ2) is 8.54. The van der Waals surface area contributed by atoms with E-state index in [9.17, 15) is 0 Å². The van der Waals surface area contributed by atoms with Crippen molar-refractivity contribution in [3.63, 3.8) is 0 Å². The smallest absolute Gasteiger partial charge is 0.126 e. The first-order chi connectivity index (χ1) is 15.2. The van der Waals surface area contributed by atoms with Crippen LogP contribution in [0.4, 0.5) is 0 Å². The molecule has 31 heavy (non-hydrogen) atoms. The molecular formula is C28H25NOS. The molecule has 0 saturated heterocycles. The molecule has 4 aromatic carbocycles. The van der Waals surface area contributed by atoms with Gasteiger partial charge in [-0.1, -0.05) is 66.7 Å². The molecule has 0 aliphatic rings. The van der Waals surface area contributed by atoms with Crippen LogP contribution in [-0.2, 0) is 6.54 Å². The van der Waals surface area contributed by atoms with Crippen LogP contribution in [-0.4, -0.2) is 7.11 Å². The van der Waals surface area contributed by atoms with Crippen molar-refractivity contribution >= 4 is 32.2 Å². The van der Waals surface area contributed by atoms with Gasteiger partial charge in [-0.3, -0.25) is 0 Å². The van der Waals surface area contributed by atoms with E-state index in [1.165, 1.54) is 37.5 Å². The minimum Gasteiger partial charge on any atom is -0.496 e. The van der Waals surface area contributed by atoms with E-state index >= 15 is 0 Å². The molecule has 0 aliphatic heterocycles. The van der Waals surface area contributed by atoms with Gasteiger partial charge < -0.3 is 10.1 Å². The van der Waals surface area contributed by atoms with Gasteiger partial charge in [0.05, 0.1) is 7.11 Å². The molecular weight excluding hydrogens is 398 g/mol. The molecule has 1 aromatic heterocycles. The zero-order valence-electron chi connectivity index (χ0n) is 17.8. The minimum absolute atomic E-state index is 0.249. The average molecular weight is 424 g/mol. The number of fused-ring (bicyclic) bond motifs is 2. The number of ether oxygens (including phenoxy) is 1. The van der Waals surface area contributed by atoms with E-state index in [4.69, 9.17) is 4.74 Å². The molecule has 154 valence electrons. The molecule has 0 bridgehead atoms. The Morgan fingerprint density at radius 1 is 0.839 bits per heavy atom. The van der Waals surface area contributed by atoms with Gasteiger partial charge in [0.2, 0.25) is 0 Å². The zero-order chi connectivity index (χ0) is 21.2. The maximum atomic E-state index is 5.70. The van der Waals surface area contributed by atoms with Crippen molar-refractivity contribution in [2.45, 2.75) is 19.5 Å². The molecule has 0 spiro atoms. The third kappa shape index (κ3) is 3.83. The van der Waals surface area contributed by atoms with Gasteiger partial charge in [0.15, 0.2) is 0 Å². The van der Waals surface area contributed by atoms with E-state index in [1.807, 2.05) is 0 Å². The van der Waals surface area contributed by atoms with E-state index in [1.54, 1.807) is 18.4 Å². The molecule has 0 radical (unpaired) electrons. The lowest BCUT2D eigenvalue weighted by Gasteiger charge is -2.17. The van der Waals surface area contributed by atoms with Crippen LogP contribution in [0.2, 0.25) is 0 Å². The molecule has 5 aromatic rings. The molecule has 0 amide bonds. The highest BCUT2D eigenvalue weighted by Gasteiger charge is 2.13. The van der Waals surface area contributed by atoms with Crippen molar-refractivity contribution in [2.24, 2.45) is 0 Å². The summed E-state index contributed by atoms with van der Waals surface area (Å²) in [6.07, 6.45) is 0.